The predicted octanol–water partition coefficient (Wildman–Crippen LogP) is 3.03. The zero-order valence-electron chi connectivity index (χ0n) is 15.2. The minimum Gasteiger partial charge on any atom is -0.450 e. The summed E-state index contributed by atoms with van der Waals surface area (Å²) in [6, 6.07) is 5.58. The van der Waals surface area contributed by atoms with Crippen LogP contribution >= 0.6 is 22.9 Å². The molecule has 0 radical (unpaired) electrons. The van der Waals surface area contributed by atoms with E-state index in [4.69, 9.17) is 16.3 Å². The number of hydrogen-bond donors (Lipinski definition) is 0. The maximum Gasteiger partial charge on any atom is 0.409 e. The summed E-state index contributed by atoms with van der Waals surface area (Å²) in [5, 5.41) is 4.37. The first-order valence-corrected chi connectivity index (χ1v) is 10.1. The summed E-state index contributed by atoms with van der Waals surface area (Å²) in [6.07, 6.45) is 2.86. The molecule has 2 amide bonds. The van der Waals surface area contributed by atoms with Crippen LogP contribution in [0.1, 0.15) is 17.3 Å². The van der Waals surface area contributed by atoms with Crippen LogP contribution in [0.3, 0.4) is 0 Å². The van der Waals surface area contributed by atoms with Crippen LogP contribution in [0.15, 0.2) is 30.6 Å². The van der Waals surface area contributed by atoms with Gasteiger partial charge in [-0.1, -0.05) is 11.6 Å². The second kappa shape index (κ2) is 7.76. The third-order valence-corrected chi connectivity index (χ3v) is 5.80. The summed E-state index contributed by atoms with van der Waals surface area (Å²) in [4.78, 5) is 33.5. The third-order valence-electron chi connectivity index (χ3n) is 4.55. The lowest BCUT2D eigenvalue weighted by Gasteiger charge is -2.33. The number of rotatable bonds is 3. The Morgan fingerprint density at radius 3 is 2.61 bits per heavy atom. The SMILES string of the molecule is CCOC(=O)N1CCN(C(=O)c2cnn3c(-c4ccc(Cl)s4)ccnc23)CC1. The summed E-state index contributed by atoms with van der Waals surface area (Å²) in [5.74, 6) is -0.146. The van der Waals surface area contributed by atoms with E-state index < -0.39 is 0 Å². The predicted molar refractivity (Wildman–Crippen MR) is 106 cm³/mol. The summed E-state index contributed by atoms with van der Waals surface area (Å²) < 4.78 is 7.36. The molecule has 4 rings (SSSR count). The van der Waals surface area contributed by atoms with Crippen LogP contribution in [0.25, 0.3) is 16.2 Å². The molecular weight excluding hydrogens is 402 g/mol. The number of piperazine rings is 1. The van der Waals surface area contributed by atoms with Gasteiger partial charge in [0.1, 0.15) is 5.56 Å². The maximum atomic E-state index is 13.0. The molecule has 0 spiro atoms. The van der Waals surface area contributed by atoms with E-state index in [1.165, 1.54) is 11.3 Å². The highest BCUT2D eigenvalue weighted by Gasteiger charge is 2.27. The van der Waals surface area contributed by atoms with Crippen molar-refractivity contribution in [2.24, 2.45) is 0 Å². The maximum absolute atomic E-state index is 13.0. The summed E-state index contributed by atoms with van der Waals surface area (Å²) in [6.45, 7) is 3.87. The fourth-order valence-electron chi connectivity index (χ4n) is 3.16. The van der Waals surface area contributed by atoms with E-state index in [-0.39, 0.29) is 12.0 Å². The molecule has 3 aromatic rings. The Labute approximate surface area is 170 Å². The van der Waals surface area contributed by atoms with Gasteiger partial charge in [0.2, 0.25) is 0 Å². The van der Waals surface area contributed by atoms with Gasteiger partial charge in [-0.15, -0.1) is 11.3 Å². The number of aromatic nitrogens is 3. The smallest absolute Gasteiger partial charge is 0.409 e. The van der Waals surface area contributed by atoms with Gasteiger partial charge in [-0.2, -0.15) is 5.10 Å². The highest BCUT2D eigenvalue weighted by Crippen LogP contribution is 2.31. The molecule has 10 heteroatoms. The first kappa shape index (κ1) is 18.7. The Morgan fingerprint density at radius 2 is 1.93 bits per heavy atom. The molecule has 8 nitrogen and oxygen atoms in total. The Morgan fingerprint density at radius 1 is 1.18 bits per heavy atom. The number of fused-ring (bicyclic) bond motifs is 1. The van der Waals surface area contributed by atoms with E-state index in [2.05, 4.69) is 10.1 Å². The van der Waals surface area contributed by atoms with Gasteiger partial charge in [0.25, 0.3) is 5.91 Å². The van der Waals surface area contributed by atoms with Crippen molar-refractivity contribution in [2.45, 2.75) is 6.92 Å². The Bertz CT molecular complexity index is 1030. The number of nitrogens with zero attached hydrogens (tertiary/aromatic N) is 5. The molecule has 1 fully saturated rings. The van der Waals surface area contributed by atoms with Gasteiger partial charge >= 0.3 is 6.09 Å². The van der Waals surface area contributed by atoms with Crippen molar-refractivity contribution < 1.29 is 14.3 Å². The van der Waals surface area contributed by atoms with Gasteiger partial charge < -0.3 is 14.5 Å². The molecule has 1 aliphatic heterocycles. The zero-order valence-corrected chi connectivity index (χ0v) is 16.7. The number of hydrogen-bond acceptors (Lipinski definition) is 6. The number of thiophene rings is 1. The number of carbonyl (C=O) groups is 2. The molecule has 0 aliphatic carbocycles. The van der Waals surface area contributed by atoms with Crippen LogP contribution in [-0.4, -0.2) is 69.2 Å². The van der Waals surface area contributed by atoms with Gasteiger partial charge in [0, 0.05) is 32.4 Å². The van der Waals surface area contributed by atoms with Gasteiger partial charge in [-0.05, 0) is 25.1 Å². The molecular formula is C18H18ClN5O3S. The van der Waals surface area contributed by atoms with Crippen molar-refractivity contribution in [3.05, 3.63) is 40.5 Å². The van der Waals surface area contributed by atoms with Crippen LogP contribution in [0.2, 0.25) is 4.34 Å². The standard InChI is InChI=1S/C18H18ClN5O3S/c1-2-27-18(26)23-9-7-22(8-10-23)17(25)12-11-21-24-13(5-6-20-16(12)24)14-3-4-15(19)28-14/h3-6,11H,2,7-10H2,1H3. The van der Waals surface area contributed by atoms with E-state index in [1.54, 1.807) is 33.6 Å². The van der Waals surface area contributed by atoms with Gasteiger partial charge in [0.05, 0.1) is 27.7 Å². The summed E-state index contributed by atoms with van der Waals surface area (Å²) in [5.41, 5.74) is 1.77. The Hall–Kier alpha value is -2.65. The summed E-state index contributed by atoms with van der Waals surface area (Å²) in [7, 11) is 0. The largest absolute Gasteiger partial charge is 0.450 e. The third kappa shape index (κ3) is 3.43. The average molecular weight is 420 g/mol. The van der Waals surface area contributed by atoms with E-state index in [9.17, 15) is 9.59 Å². The number of halogens is 1. The van der Waals surface area contributed by atoms with Crippen LogP contribution in [-0.2, 0) is 4.74 Å². The Balaban J connectivity index is 1.55. The monoisotopic (exact) mass is 419 g/mol. The Kier molecular flexibility index (Phi) is 5.19. The van der Waals surface area contributed by atoms with Crippen molar-refractivity contribution in [1.82, 2.24) is 24.4 Å². The summed E-state index contributed by atoms with van der Waals surface area (Å²) >= 11 is 7.49. The first-order chi connectivity index (χ1) is 13.6. The molecule has 1 aliphatic rings. The lowest BCUT2D eigenvalue weighted by molar-refractivity contribution is 0.0571. The highest BCUT2D eigenvalue weighted by molar-refractivity contribution is 7.19. The number of carbonyl (C=O) groups excluding carboxylic acids is 2. The average Bonchev–Trinajstić information content (AvgIpc) is 3.34. The molecule has 0 unspecified atom stereocenters. The molecule has 146 valence electrons. The first-order valence-electron chi connectivity index (χ1n) is 8.88. The molecule has 0 N–H and O–H groups in total. The van der Waals surface area contributed by atoms with Crippen molar-refractivity contribution in [3.8, 4) is 10.6 Å². The lowest BCUT2D eigenvalue weighted by Crippen LogP contribution is -2.50. The normalized spacial score (nSPS) is 14.5. The highest BCUT2D eigenvalue weighted by atomic mass is 35.5. The lowest BCUT2D eigenvalue weighted by atomic mass is 10.2. The fourth-order valence-corrected chi connectivity index (χ4v) is 4.21. The van der Waals surface area contributed by atoms with Crippen molar-refractivity contribution in [1.29, 1.82) is 0 Å². The molecule has 1 saturated heterocycles. The number of ether oxygens (including phenoxy) is 1. The van der Waals surface area contributed by atoms with Crippen LogP contribution in [0.4, 0.5) is 4.79 Å². The van der Waals surface area contributed by atoms with Crippen LogP contribution in [0.5, 0.6) is 0 Å². The molecule has 0 atom stereocenters. The van der Waals surface area contributed by atoms with Crippen molar-refractivity contribution in [3.63, 3.8) is 0 Å². The topological polar surface area (TPSA) is 80.0 Å². The van der Waals surface area contributed by atoms with Crippen molar-refractivity contribution in [2.75, 3.05) is 32.8 Å². The van der Waals surface area contributed by atoms with Gasteiger partial charge in [0.15, 0.2) is 5.65 Å². The second-order valence-electron chi connectivity index (χ2n) is 6.21. The zero-order chi connectivity index (χ0) is 19.7. The second-order valence-corrected chi connectivity index (χ2v) is 7.92. The van der Waals surface area contributed by atoms with Crippen LogP contribution < -0.4 is 0 Å². The molecule has 0 bridgehead atoms. The molecule has 4 heterocycles. The van der Waals surface area contributed by atoms with E-state index >= 15 is 0 Å². The molecule has 3 aromatic heterocycles. The fraction of sp³-hybridized carbons (Fsp3) is 0.333. The molecule has 28 heavy (non-hydrogen) atoms. The van der Waals surface area contributed by atoms with E-state index in [0.717, 1.165) is 10.6 Å². The van der Waals surface area contributed by atoms with Crippen LogP contribution in [0, 0.1) is 0 Å². The van der Waals surface area contributed by atoms with E-state index in [1.807, 2.05) is 18.2 Å². The molecule has 0 aromatic carbocycles. The quantitative estimate of drug-likeness (QED) is 0.651. The minimum absolute atomic E-state index is 0.146. The van der Waals surface area contributed by atoms with E-state index in [0.29, 0.717) is 48.3 Å². The molecule has 0 saturated carbocycles. The van der Waals surface area contributed by atoms with Gasteiger partial charge in [-0.3, -0.25) is 4.79 Å². The number of amides is 2. The minimum atomic E-state index is -0.341. The van der Waals surface area contributed by atoms with Gasteiger partial charge in [-0.25, -0.2) is 14.3 Å². The van der Waals surface area contributed by atoms with Crippen molar-refractivity contribution >= 4 is 40.6 Å².